The van der Waals surface area contributed by atoms with Crippen molar-refractivity contribution in [3.8, 4) is 0 Å². The lowest BCUT2D eigenvalue weighted by atomic mass is 10.1. The first-order valence-corrected chi connectivity index (χ1v) is 7.63. The first-order valence-electron chi connectivity index (χ1n) is 4.43. The van der Waals surface area contributed by atoms with Crippen LogP contribution in [0.4, 0.5) is 4.39 Å². The largest absolute Gasteiger partial charge is 0.289 e. The van der Waals surface area contributed by atoms with Gasteiger partial charge >= 0.3 is 0 Å². The van der Waals surface area contributed by atoms with Gasteiger partial charge in [0.1, 0.15) is 5.82 Å². The Balaban J connectivity index is 2.44. The van der Waals surface area contributed by atoms with Crippen LogP contribution in [-0.2, 0) is 0 Å². The Hall–Kier alpha value is -0.0400. The fourth-order valence-corrected chi connectivity index (χ4v) is 4.46. The van der Waals surface area contributed by atoms with Crippen molar-refractivity contribution < 1.29 is 9.18 Å². The van der Waals surface area contributed by atoms with E-state index >= 15 is 0 Å². The first kappa shape index (κ1) is 13.4. The smallest absolute Gasteiger partial charge is 0.195 e. The number of ketones is 1. The zero-order valence-electron chi connectivity index (χ0n) is 8.14. The van der Waals surface area contributed by atoms with Gasteiger partial charge in [-0.3, -0.25) is 4.79 Å². The standard InChI is InChI=1S/C11H4Br3FOS/c12-7-3-5(1-2-8(7)15)10(16)6-4-9(13)17-11(6)14/h1-4H. The predicted molar refractivity (Wildman–Crippen MR) is 77.3 cm³/mol. The molecule has 0 unspecified atom stereocenters. The molecule has 17 heavy (non-hydrogen) atoms. The van der Waals surface area contributed by atoms with Gasteiger partial charge in [-0.15, -0.1) is 11.3 Å². The number of hydrogen-bond acceptors (Lipinski definition) is 2. The van der Waals surface area contributed by atoms with Gasteiger partial charge in [0.15, 0.2) is 5.78 Å². The molecule has 0 atom stereocenters. The molecule has 0 saturated heterocycles. The Morgan fingerprint density at radius 1 is 1.18 bits per heavy atom. The minimum absolute atomic E-state index is 0.139. The maximum Gasteiger partial charge on any atom is 0.195 e. The lowest BCUT2D eigenvalue weighted by Gasteiger charge is -2.01. The van der Waals surface area contributed by atoms with Gasteiger partial charge in [-0.05, 0) is 72.1 Å². The summed E-state index contributed by atoms with van der Waals surface area (Å²) in [5, 5.41) is 0. The fraction of sp³-hybridized carbons (Fsp3) is 0. The quantitative estimate of drug-likeness (QED) is 0.569. The number of hydrogen-bond donors (Lipinski definition) is 0. The molecule has 0 amide bonds. The minimum atomic E-state index is -0.382. The highest BCUT2D eigenvalue weighted by molar-refractivity contribution is 9.12. The fourth-order valence-electron chi connectivity index (χ4n) is 1.29. The van der Waals surface area contributed by atoms with E-state index in [2.05, 4.69) is 47.8 Å². The Labute approximate surface area is 126 Å². The van der Waals surface area contributed by atoms with Crippen molar-refractivity contribution in [1.82, 2.24) is 0 Å². The van der Waals surface area contributed by atoms with Crippen molar-refractivity contribution in [1.29, 1.82) is 0 Å². The SMILES string of the molecule is O=C(c1ccc(F)c(Br)c1)c1cc(Br)sc1Br. The van der Waals surface area contributed by atoms with Crippen LogP contribution in [0.15, 0.2) is 36.3 Å². The normalized spacial score (nSPS) is 10.6. The van der Waals surface area contributed by atoms with Gasteiger partial charge in [0.2, 0.25) is 0 Å². The van der Waals surface area contributed by atoms with E-state index < -0.39 is 0 Å². The van der Waals surface area contributed by atoms with Crippen LogP contribution < -0.4 is 0 Å². The van der Waals surface area contributed by atoms with Crippen LogP contribution in [0.5, 0.6) is 0 Å². The minimum Gasteiger partial charge on any atom is -0.289 e. The lowest BCUT2D eigenvalue weighted by Crippen LogP contribution is -2.00. The van der Waals surface area contributed by atoms with Crippen LogP contribution in [-0.4, -0.2) is 5.78 Å². The number of halogens is 4. The molecule has 0 saturated carbocycles. The molecule has 2 aromatic rings. The van der Waals surface area contributed by atoms with Gasteiger partial charge in [0.05, 0.1) is 12.0 Å². The van der Waals surface area contributed by atoms with E-state index in [1.807, 2.05) is 0 Å². The second-order valence-electron chi connectivity index (χ2n) is 3.20. The van der Waals surface area contributed by atoms with E-state index in [9.17, 15) is 9.18 Å². The number of carbonyl (C=O) groups excluding carboxylic acids is 1. The Morgan fingerprint density at radius 3 is 2.41 bits per heavy atom. The Kier molecular flexibility index (Phi) is 4.18. The van der Waals surface area contributed by atoms with Crippen LogP contribution in [0.1, 0.15) is 15.9 Å². The van der Waals surface area contributed by atoms with Crippen molar-refractivity contribution in [3.63, 3.8) is 0 Å². The number of benzene rings is 1. The van der Waals surface area contributed by atoms with Crippen molar-refractivity contribution in [2.24, 2.45) is 0 Å². The molecule has 0 fully saturated rings. The molecule has 0 spiro atoms. The molecule has 6 heteroatoms. The van der Waals surface area contributed by atoms with Crippen molar-refractivity contribution in [3.05, 3.63) is 53.3 Å². The zero-order chi connectivity index (χ0) is 12.6. The van der Waals surface area contributed by atoms with Gasteiger partial charge in [-0.2, -0.15) is 0 Å². The molecule has 1 nitrogen and oxygen atoms in total. The third kappa shape index (κ3) is 2.86. The van der Waals surface area contributed by atoms with E-state index in [0.717, 1.165) is 7.57 Å². The predicted octanol–water partition coefficient (Wildman–Crippen LogP) is 5.41. The molecule has 0 aliphatic heterocycles. The van der Waals surface area contributed by atoms with E-state index in [1.165, 1.54) is 29.5 Å². The van der Waals surface area contributed by atoms with Crippen LogP contribution in [0.3, 0.4) is 0 Å². The van der Waals surface area contributed by atoms with E-state index in [0.29, 0.717) is 11.1 Å². The van der Waals surface area contributed by atoms with Crippen LogP contribution in [0.2, 0.25) is 0 Å². The number of carbonyl (C=O) groups is 1. The molecular weight excluding hydrogens is 439 g/mol. The molecule has 88 valence electrons. The summed E-state index contributed by atoms with van der Waals surface area (Å²) in [6.45, 7) is 0. The van der Waals surface area contributed by atoms with Gasteiger partial charge in [-0.1, -0.05) is 0 Å². The highest BCUT2D eigenvalue weighted by Gasteiger charge is 2.16. The molecular formula is C11H4Br3FOS. The number of rotatable bonds is 2. The molecule has 2 rings (SSSR count). The van der Waals surface area contributed by atoms with Crippen molar-refractivity contribution in [2.45, 2.75) is 0 Å². The zero-order valence-corrected chi connectivity index (χ0v) is 13.7. The summed E-state index contributed by atoms with van der Waals surface area (Å²) in [7, 11) is 0. The summed E-state index contributed by atoms with van der Waals surface area (Å²) in [6, 6.07) is 5.97. The Morgan fingerprint density at radius 2 is 1.88 bits per heavy atom. The summed E-state index contributed by atoms with van der Waals surface area (Å²) in [6.07, 6.45) is 0. The van der Waals surface area contributed by atoms with Crippen molar-refractivity contribution >= 4 is 64.9 Å². The lowest BCUT2D eigenvalue weighted by molar-refractivity contribution is 0.103. The highest BCUT2D eigenvalue weighted by atomic mass is 79.9. The summed E-state index contributed by atoms with van der Waals surface area (Å²) in [5.41, 5.74) is 1.02. The molecule has 0 N–H and O–H groups in total. The molecule has 0 bridgehead atoms. The topological polar surface area (TPSA) is 17.1 Å². The monoisotopic (exact) mass is 440 g/mol. The Bertz CT molecular complexity index is 594. The maximum absolute atomic E-state index is 13.1. The highest BCUT2D eigenvalue weighted by Crippen LogP contribution is 2.33. The molecule has 1 heterocycles. The number of thiophene rings is 1. The average Bonchev–Trinajstić information content (AvgIpc) is 2.61. The van der Waals surface area contributed by atoms with E-state index in [-0.39, 0.29) is 16.1 Å². The van der Waals surface area contributed by atoms with Gasteiger partial charge in [0, 0.05) is 11.1 Å². The molecule has 1 aromatic carbocycles. The summed E-state index contributed by atoms with van der Waals surface area (Å²) in [5.74, 6) is -0.522. The second kappa shape index (κ2) is 5.30. The first-order chi connectivity index (χ1) is 7.99. The van der Waals surface area contributed by atoms with E-state index in [4.69, 9.17) is 0 Å². The van der Waals surface area contributed by atoms with Crippen molar-refractivity contribution in [2.75, 3.05) is 0 Å². The van der Waals surface area contributed by atoms with Gasteiger partial charge < -0.3 is 0 Å². The van der Waals surface area contributed by atoms with Crippen LogP contribution in [0.25, 0.3) is 0 Å². The van der Waals surface area contributed by atoms with Gasteiger partial charge in [-0.25, -0.2) is 4.39 Å². The summed E-state index contributed by atoms with van der Waals surface area (Å²) >= 11 is 11.1. The molecule has 0 aliphatic rings. The molecule has 0 aliphatic carbocycles. The third-order valence-electron chi connectivity index (χ3n) is 2.08. The molecule has 1 aromatic heterocycles. The second-order valence-corrected chi connectivity index (χ2v) is 7.80. The average molecular weight is 443 g/mol. The maximum atomic E-state index is 13.1. The summed E-state index contributed by atoms with van der Waals surface area (Å²) < 4.78 is 15.0. The van der Waals surface area contributed by atoms with Crippen LogP contribution >= 0.6 is 59.1 Å². The summed E-state index contributed by atoms with van der Waals surface area (Å²) in [4.78, 5) is 12.2. The molecule has 0 radical (unpaired) electrons. The van der Waals surface area contributed by atoms with Gasteiger partial charge in [0.25, 0.3) is 0 Å². The van der Waals surface area contributed by atoms with Crippen LogP contribution in [0, 0.1) is 5.82 Å². The third-order valence-corrected chi connectivity index (χ3v) is 5.03. The van der Waals surface area contributed by atoms with E-state index in [1.54, 1.807) is 6.07 Å².